The first-order valence-electron chi connectivity index (χ1n) is 8.54. The third-order valence-corrected chi connectivity index (χ3v) is 5.47. The number of carbonyl (C=O) groups is 1. The van der Waals surface area contributed by atoms with Gasteiger partial charge in [-0.3, -0.25) is 15.2 Å². The van der Waals surface area contributed by atoms with Crippen LogP contribution in [0.5, 0.6) is 0 Å². The minimum atomic E-state index is -0.434. The molecule has 0 unspecified atom stereocenters. The van der Waals surface area contributed by atoms with Crippen LogP contribution < -0.4 is 5.32 Å². The molecule has 1 amide bonds. The number of hydrogen-bond donors (Lipinski definition) is 2. The van der Waals surface area contributed by atoms with Crippen LogP contribution in [-0.2, 0) is 6.54 Å². The highest BCUT2D eigenvalue weighted by atomic mass is 35.5. The van der Waals surface area contributed by atoms with Crippen molar-refractivity contribution in [2.75, 3.05) is 5.32 Å². The number of halogens is 4. The molecule has 0 bridgehead atoms. The van der Waals surface area contributed by atoms with Gasteiger partial charge in [-0.05, 0) is 35.9 Å². The highest BCUT2D eigenvalue weighted by Crippen LogP contribution is 2.28. The number of anilines is 1. The molecule has 2 aromatic carbocycles. The number of carbonyl (C=O) groups excluding carboxylic acids is 1. The lowest BCUT2D eigenvalue weighted by Crippen LogP contribution is -2.14. The average Bonchev–Trinajstić information content (AvgIpc) is 3.36. The number of H-pyrrole nitrogens is 1. The van der Waals surface area contributed by atoms with Crippen LogP contribution in [0.1, 0.15) is 16.1 Å². The highest BCUT2D eigenvalue weighted by molar-refractivity contribution is 6.42. The topological polar surface area (TPSA) is 88.5 Å². The SMILES string of the molecule is O=C(Nc1ncn(Cc2ccc(Cl)cc2Cl)n1)c1cc(-c2ccc(Cl)c(Cl)c2)n[nH]1. The number of rotatable bonds is 5. The standard InChI is InChI=1S/C19H12Cl4N6O/c20-12-3-1-11(14(22)6-12)8-29-9-24-19(28-29)25-18(30)17-7-16(26-27-17)10-2-4-13(21)15(23)5-10/h1-7,9H,8H2,(H,26,27)(H,25,28,30). The Morgan fingerprint density at radius 1 is 1.00 bits per heavy atom. The largest absolute Gasteiger partial charge is 0.288 e. The van der Waals surface area contributed by atoms with Crippen LogP contribution in [0.3, 0.4) is 0 Å². The Morgan fingerprint density at radius 3 is 2.60 bits per heavy atom. The second-order valence-electron chi connectivity index (χ2n) is 6.25. The van der Waals surface area contributed by atoms with Gasteiger partial charge >= 0.3 is 0 Å². The van der Waals surface area contributed by atoms with E-state index in [1.54, 1.807) is 47.1 Å². The van der Waals surface area contributed by atoms with Gasteiger partial charge in [0.1, 0.15) is 12.0 Å². The molecule has 0 spiro atoms. The van der Waals surface area contributed by atoms with Gasteiger partial charge in [0.2, 0.25) is 5.95 Å². The van der Waals surface area contributed by atoms with Gasteiger partial charge in [0.15, 0.2) is 0 Å². The fourth-order valence-electron chi connectivity index (χ4n) is 2.66. The van der Waals surface area contributed by atoms with Gasteiger partial charge < -0.3 is 0 Å². The Labute approximate surface area is 190 Å². The summed E-state index contributed by atoms with van der Waals surface area (Å²) in [6.07, 6.45) is 1.49. The molecule has 2 N–H and O–H groups in total. The van der Waals surface area contributed by atoms with Crippen molar-refractivity contribution in [3.05, 3.63) is 80.1 Å². The number of benzene rings is 2. The summed E-state index contributed by atoms with van der Waals surface area (Å²) in [5, 5.41) is 15.6. The van der Waals surface area contributed by atoms with Crippen molar-refractivity contribution in [2.24, 2.45) is 0 Å². The first kappa shape index (κ1) is 20.7. The molecule has 7 nitrogen and oxygen atoms in total. The third-order valence-electron chi connectivity index (χ3n) is 4.15. The number of nitrogens with zero attached hydrogens (tertiary/aromatic N) is 4. The fourth-order valence-corrected chi connectivity index (χ4v) is 3.43. The zero-order chi connectivity index (χ0) is 21.3. The second kappa shape index (κ2) is 8.65. The molecule has 0 aliphatic rings. The number of aromatic amines is 1. The minimum Gasteiger partial charge on any atom is -0.288 e. The molecular formula is C19H12Cl4N6O. The predicted octanol–water partition coefficient (Wildman–Crippen LogP) is 5.58. The molecule has 30 heavy (non-hydrogen) atoms. The average molecular weight is 482 g/mol. The predicted molar refractivity (Wildman–Crippen MR) is 118 cm³/mol. The van der Waals surface area contributed by atoms with Crippen LogP contribution in [0.4, 0.5) is 5.95 Å². The number of amides is 1. The van der Waals surface area contributed by atoms with Crippen LogP contribution >= 0.6 is 46.4 Å². The van der Waals surface area contributed by atoms with Gasteiger partial charge in [-0.2, -0.15) is 5.10 Å². The van der Waals surface area contributed by atoms with Gasteiger partial charge in [-0.1, -0.05) is 58.5 Å². The molecule has 0 saturated heterocycles. The maximum absolute atomic E-state index is 12.5. The Bertz CT molecular complexity index is 1240. The lowest BCUT2D eigenvalue weighted by molar-refractivity contribution is 0.102. The van der Waals surface area contributed by atoms with Crippen LogP contribution in [0, 0.1) is 0 Å². The van der Waals surface area contributed by atoms with Crippen molar-refractivity contribution in [3.8, 4) is 11.3 Å². The second-order valence-corrected chi connectivity index (χ2v) is 7.91. The molecule has 2 aromatic heterocycles. The van der Waals surface area contributed by atoms with E-state index in [0.717, 1.165) is 11.1 Å². The fraction of sp³-hybridized carbons (Fsp3) is 0.0526. The molecule has 0 fully saturated rings. The van der Waals surface area contributed by atoms with Crippen molar-refractivity contribution >= 4 is 58.3 Å². The molecule has 0 saturated carbocycles. The van der Waals surface area contributed by atoms with Crippen molar-refractivity contribution in [1.82, 2.24) is 25.0 Å². The maximum atomic E-state index is 12.5. The normalized spacial score (nSPS) is 10.9. The first-order valence-corrected chi connectivity index (χ1v) is 10.1. The summed E-state index contributed by atoms with van der Waals surface area (Å²) >= 11 is 24.1. The maximum Gasteiger partial charge on any atom is 0.276 e. The number of nitrogens with one attached hydrogen (secondary N) is 2. The van der Waals surface area contributed by atoms with Crippen LogP contribution in [-0.4, -0.2) is 30.9 Å². The van der Waals surface area contributed by atoms with Crippen molar-refractivity contribution in [1.29, 1.82) is 0 Å². The van der Waals surface area contributed by atoms with E-state index in [0.29, 0.717) is 32.3 Å². The van der Waals surface area contributed by atoms with E-state index in [1.165, 1.54) is 6.33 Å². The Hall–Kier alpha value is -2.58. The van der Waals surface area contributed by atoms with Gasteiger partial charge in [-0.15, -0.1) is 5.10 Å². The summed E-state index contributed by atoms with van der Waals surface area (Å²) < 4.78 is 1.55. The van der Waals surface area contributed by atoms with Crippen molar-refractivity contribution < 1.29 is 4.79 Å². The van der Waals surface area contributed by atoms with Crippen molar-refractivity contribution in [2.45, 2.75) is 6.54 Å². The third kappa shape index (κ3) is 4.60. The van der Waals surface area contributed by atoms with Crippen LogP contribution in [0.25, 0.3) is 11.3 Å². The molecular weight excluding hydrogens is 470 g/mol. The van der Waals surface area contributed by atoms with E-state index < -0.39 is 5.91 Å². The van der Waals surface area contributed by atoms with Gasteiger partial charge in [0, 0.05) is 15.6 Å². The molecule has 0 atom stereocenters. The molecule has 0 aliphatic carbocycles. The van der Waals surface area contributed by atoms with Gasteiger partial charge in [0.25, 0.3) is 5.91 Å². The molecule has 11 heteroatoms. The van der Waals surface area contributed by atoms with Crippen LogP contribution in [0.2, 0.25) is 20.1 Å². The Kier molecular flexibility index (Phi) is 5.97. The van der Waals surface area contributed by atoms with E-state index in [9.17, 15) is 4.79 Å². The zero-order valence-corrected chi connectivity index (χ0v) is 18.1. The molecule has 0 aliphatic heterocycles. The minimum absolute atomic E-state index is 0.149. The van der Waals surface area contributed by atoms with E-state index in [4.69, 9.17) is 46.4 Å². The summed E-state index contributed by atoms with van der Waals surface area (Å²) in [6, 6.07) is 11.9. The number of hydrogen-bond acceptors (Lipinski definition) is 4. The van der Waals surface area contributed by atoms with E-state index in [1.807, 2.05) is 0 Å². The summed E-state index contributed by atoms with van der Waals surface area (Å²) in [4.78, 5) is 16.6. The quantitative estimate of drug-likeness (QED) is 0.389. The smallest absolute Gasteiger partial charge is 0.276 e. The number of aromatic nitrogens is 5. The van der Waals surface area contributed by atoms with Gasteiger partial charge in [0.05, 0.1) is 22.3 Å². The highest BCUT2D eigenvalue weighted by Gasteiger charge is 2.14. The van der Waals surface area contributed by atoms with Crippen molar-refractivity contribution in [3.63, 3.8) is 0 Å². The summed E-state index contributed by atoms with van der Waals surface area (Å²) in [5.41, 5.74) is 2.34. The monoisotopic (exact) mass is 480 g/mol. The first-order chi connectivity index (χ1) is 14.4. The lowest BCUT2D eigenvalue weighted by Gasteiger charge is -2.04. The van der Waals surface area contributed by atoms with Crippen LogP contribution in [0.15, 0.2) is 48.8 Å². The summed E-state index contributed by atoms with van der Waals surface area (Å²) in [6.45, 7) is 0.379. The lowest BCUT2D eigenvalue weighted by atomic mass is 10.1. The summed E-state index contributed by atoms with van der Waals surface area (Å²) in [5.74, 6) is -0.285. The van der Waals surface area contributed by atoms with E-state index in [-0.39, 0.29) is 11.6 Å². The summed E-state index contributed by atoms with van der Waals surface area (Å²) in [7, 11) is 0. The Balaban J connectivity index is 1.44. The molecule has 2 heterocycles. The Morgan fingerprint density at radius 2 is 1.83 bits per heavy atom. The molecule has 152 valence electrons. The molecule has 4 rings (SSSR count). The van der Waals surface area contributed by atoms with E-state index >= 15 is 0 Å². The van der Waals surface area contributed by atoms with E-state index in [2.05, 4.69) is 25.6 Å². The zero-order valence-electron chi connectivity index (χ0n) is 15.0. The van der Waals surface area contributed by atoms with Gasteiger partial charge in [-0.25, -0.2) is 9.67 Å². The molecule has 4 aromatic rings. The molecule has 0 radical (unpaired) electrons.